The van der Waals surface area contributed by atoms with Crippen molar-refractivity contribution in [2.75, 3.05) is 0 Å². The van der Waals surface area contributed by atoms with Crippen LogP contribution in [-0.4, -0.2) is 9.97 Å². The molecule has 2 nitrogen and oxygen atoms in total. The third-order valence-electron chi connectivity index (χ3n) is 2.45. The fourth-order valence-electron chi connectivity index (χ4n) is 1.46. The first-order valence-electron chi connectivity index (χ1n) is 4.99. The van der Waals surface area contributed by atoms with Crippen LogP contribution in [0.2, 0.25) is 0 Å². The Bertz CT molecular complexity index is 446. The van der Waals surface area contributed by atoms with E-state index in [1.165, 1.54) is 17.5 Å². The van der Waals surface area contributed by atoms with Gasteiger partial charge < -0.3 is 0 Å². The van der Waals surface area contributed by atoms with Crippen molar-refractivity contribution in [3.63, 3.8) is 0 Å². The summed E-state index contributed by atoms with van der Waals surface area (Å²) in [4.78, 5) is 8.07. The molecule has 0 atom stereocenters. The van der Waals surface area contributed by atoms with E-state index in [4.69, 9.17) is 0 Å². The van der Waals surface area contributed by atoms with Crippen LogP contribution in [0.4, 0.5) is 0 Å². The number of benzene rings is 1. The minimum absolute atomic E-state index is 0.854. The summed E-state index contributed by atoms with van der Waals surface area (Å²) in [5.74, 6) is 0. The molecule has 1 heterocycles. The van der Waals surface area contributed by atoms with Crippen LogP contribution in [0.25, 0.3) is 0 Å². The zero-order chi connectivity index (χ0) is 10.7. The predicted molar refractivity (Wildman–Crippen MR) is 59.6 cm³/mol. The van der Waals surface area contributed by atoms with Crippen molar-refractivity contribution >= 4 is 0 Å². The second-order valence-corrected chi connectivity index (χ2v) is 3.71. The molecule has 2 rings (SSSR count). The Morgan fingerprint density at radius 2 is 1.87 bits per heavy atom. The molecule has 2 heteroatoms. The highest BCUT2D eigenvalue weighted by Gasteiger charge is 2.01. The van der Waals surface area contributed by atoms with E-state index in [0.717, 1.165) is 17.7 Å². The van der Waals surface area contributed by atoms with Gasteiger partial charge in [0.15, 0.2) is 0 Å². The Balaban J connectivity index is 2.22. The molecule has 15 heavy (non-hydrogen) atoms. The minimum atomic E-state index is 0.854. The highest BCUT2D eigenvalue weighted by molar-refractivity contribution is 5.27. The monoisotopic (exact) mass is 197 g/mol. The molecule has 1 aromatic heterocycles. The van der Waals surface area contributed by atoms with Crippen molar-refractivity contribution < 1.29 is 0 Å². The number of hydrogen-bond acceptors (Lipinski definition) is 2. The van der Waals surface area contributed by atoms with E-state index in [1.54, 1.807) is 0 Å². The SMILES string of the molecule is Cc1ccc(Cc2[c]ncnc2C)cc1. The second-order valence-electron chi connectivity index (χ2n) is 3.71. The van der Waals surface area contributed by atoms with Gasteiger partial charge in [-0.25, -0.2) is 9.97 Å². The van der Waals surface area contributed by atoms with Crippen molar-refractivity contribution in [1.29, 1.82) is 0 Å². The average molecular weight is 197 g/mol. The lowest BCUT2D eigenvalue weighted by molar-refractivity contribution is 1.01. The maximum atomic E-state index is 4.15. The smallest absolute Gasteiger partial charge is 0.116 e. The molecule has 0 fully saturated rings. The lowest BCUT2D eigenvalue weighted by Gasteiger charge is -2.03. The quantitative estimate of drug-likeness (QED) is 0.739. The van der Waals surface area contributed by atoms with Gasteiger partial charge in [-0.1, -0.05) is 29.8 Å². The van der Waals surface area contributed by atoms with Crippen molar-refractivity contribution in [1.82, 2.24) is 9.97 Å². The molecule has 0 saturated heterocycles. The van der Waals surface area contributed by atoms with Crippen molar-refractivity contribution in [3.05, 3.63) is 59.2 Å². The zero-order valence-corrected chi connectivity index (χ0v) is 8.99. The van der Waals surface area contributed by atoms with E-state index in [-0.39, 0.29) is 0 Å². The lowest BCUT2D eigenvalue weighted by Crippen LogP contribution is -1.95. The van der Waals surface area contributed by atoms with Crippen molar-refractivity contribution in [3.8, 4) is 0 Å². The lowest BCUT2D eigenvalue weighted by atomic mass is 10.0. The van der Waals surface area contributed by atoms with Crippen LogP contribution < -0.4 is 0 Å². The molecular weight excluding hydrogens is 184 g/mol. The summed E-state index contributed by atoms with van der Waals surface area (Å²) in [6.07, 6.45) is 5.38. The molecule has 0 aliphatic heterocycles. The maximum absolute atomic E-state index is 4.15. The van der Waals surface area contributed by atoms with Crippen LogP contribution in [-0.2, 0) is 6.42 Å². The largest absolute Gasteiger partial charge is 0.241 e. The number of rotatable bonds is 2. The van der Waals surface area contributed by atoms with E-state index in [0.29, 0.717) is 0 Å². The summed E-state index contributed by atoms with van der Waals surface area (Å²) in [6, 6.07) is 8.51. The molecule has 1 aromatic carbocycles. The Hall–Kier alpha value is -1.70. The molecular formula is C13H13N2. The second kappa shape index (κ2) is 4.22. The van der Waals surface area contributed by atoms with E-state index in [9.17, 15) is 0 Å². The highest BCUT2D eigenvalue weighted by atomic mass is 14.8. The Kier molecular flexibility index (Phi) is 2.77. The topological polar surface area (TPSA) is 25.8 Å². The van der Waals surface area contributed by atoms with Gasteiger partial charge in [0.2, 0.25) is 0 Å². The van der Waals surface area contributed by atoms with E-state index in [1.807, 2.05) is 6.92 Å². The Morgan fingerprint density at radius 3 is 2.53 bits per heavy atom. The minimum Gasteiger partial charge on any atom is -0.241 e. The molecule has 0 spiro atoms. The van der Waals surface area contributed by atoms with Gasteiger partial charge in [-0.2, -0.15) is 0 Å². The fraction of sp³-hybridized carbons (Fsp3) is 0.231. The molecule has 2 aromatic rings. The van der Waals surface area contributed by atoms with Crippen LogP contribution in [0.3, 0.4) is 0 Å². The average Bonchev–Trinajstić information content (AvgIpc) is 2.25. The molecule has 0 saturated carbocycles. The summed E-state index contributed by atoms with van der Waals surface area (Å²) in [5.41, 5.74) is 4.63. The molecule has 1 radical (unpaired) electrons. The summed E-state index contributed by atoms with van der Waals surface area (Å²) < 4.78 is 0. The molecule has 0 amide bonds. The predicted octanol–water partition coefficient (Wildman–Crippen LogP) is 2.48. The van der Waals surface area contributed by atoms with Crippen LogP contribution in [0.15, 0.2) is 30.6 Å². The third-order valence-corrected chi connectivity index (χ3v) is 2.45. The third kappa shape index (κ3) is 2.40. The van der Waals surface area contributed by atoms with E-state index in [2.05, 4.69) is 47.4 Å². The Morgan fingerprint density at radius 1 is 1.13 bits per heavy atom. The highest BCUT2D eigenvalue weighted by Crippen LogP contribution is 2.11. The van der Waals surface area contributed by atoms with E-state index >= 15 is 0 Å². The first-order chi connectivity index (χ1) is 7.25. The molecule has 0 unspecified atom stereocenters. The van der Waals surface area contributed by atoms with Crippen LogP contribution in [0.1, 0.15) is 22.4 Å². The summed E-state index contributed by atoms with van der Waals surface area (Å²) in [6.45, 7) is 4.08. The molecule has 0 aliphatic carbocycles. The zero-order valence-electron chi connectivity index (χ0n) is 8.99. The van der Waals surface area contributed by atoms with Crippen LogP contribution in [0, 0.1) is 20.0 Å². The van der Waals surface area contributed by atoms with Gasteiger partial charge in [0.05, 0.1) is 6.20 Å². The van der Waals surface area contributed by atoms with Gasteiger partial charge in [0.25, 0.3) is 0 Å². The first kappa shape index (κ1) is 9.84. The van der Waals surface area contributed by atoms with Crippen LogP contribution in [0.5, 0.6) is 0 Å². The normalized spacial score (nSPS) is 10.3. The van der Waals surface area contributed by atoms with Gasteiger partial charge in [-0.05, 0) is 19.4 Å². The van der Waals surface area contributed by atoms with Gasteiger partial charge in [0.1, 0.15) is 6.33 Å². The van der Waals surface area contributed by atoms with Gasteiger partial charge in [0, 0.05) is 17.7 Å². The summed E-state index contributed by atoms with van der Waals surface area (Å²) in [7, 11) is 0. The Labute approximate surface area is 90.0 Å². The molecule has 0 N–H and O–H groups in total. The maximum Gasteiger partial charge on any atom is 0.116 e. The van der Waals surface area contributed by atoms with E-state index < -0.39 is 0 Å². The molecule has 0 aliphatic rings. The van der Waals surface area contributed by atoms with Crippen LogP contribution >= 0.6 is 0 Å². The molecule has 0 bridgehead atoms. The van der Waals surface area contributed by atoms with Gasteiger partial charge >= 0.3 is 0 Å². The number of aromatic nitrogens is 2. The number of aryl methyl sites for hydroxylation is 2. The number of hydrogen-bond donors (Lipinski definition) is 0. The fourth-order valence-corrected chi connectivity index (χ4v) is 1.46. The van der Waals surface area contributed by atoms with Gasteiger partial charge in [-0.3, -0.25) is 0 Å². The summed E-state index contributed by atoms with van der Waals surface area (Å²) >= 11 is 0. The van der Waals surface area contributed by atoms with Gasteiger partial charge in [-0.15, -0.1) is 0 Å². The van der Waals surface area contributed by atoms with Crippen molar-refractivity contribution in [2.24, 2.45) is 0 Å². The standard InChI is InChI=1S/C13H13N2/c1-10-3-5-12(6-4-10)7-13-8-14-9-15-11(13)2/h3-6,9H,7H2,1-2H3. The van der Waals surface area contributed by atoms with Crippen molar-refractivity contribution in [2.45, 2.75) is 20.3 Å². The first-order valence-corrected chi connectivity index (χ1v) is 4.99. The number of nitrogens with zero attached hydrogens (tertiary/aromatic N) is 2. The molecule has 75 valence electrons. The summed E-state index contributed by atoms with van der Waals surface area (Å²) in [5, 5.41) is 0.